The lowest BCUT2D eigenvalue weighted by atomic mass is 10.0. The zero-order valence-electron chi connectivity index (χ0n) is 14.7. The number of likely N-dealkylation sites (tertiary alicyclic amines) is 1. The Hall–Kier alpha value is -2.33. The Morgan fingerprint density at radius 3 is 2.31 bits per heavy atom. The number of carbonyl (C=O) groups is 2. The summed E-state index contributed by atoms with van der Waals surface area (Å²) >= 11 is 6.14. The average Bonchev–Trinajstić information content (AvgIpc) is 2.69. The maximum Gasteiger partial charge on any atom is 0.253 e. The van der Waals surface area contributed by atoms with Gasteiger partial charge in [-0.05, 0) is 37.0 Å². The summed E-state index contributed by atoms with van der Waals surface area (Å²) in [6.45, 7) is 1.61. The van der Waals surface area contributed by atoms with Crippen LogP contribution in [0.2, 0.25) is 5.02 Å². The van der Waals surface area contributed by atoms with Gasteiger partial charge in [0.2, 0.25) is 5.91 Å². The number of nitrogens with zero attached hydrogens (tertiary/aromatic N) is 1. The van der Waals surface area contributed by atoms with Gasteiger partial charge in [0.1, 0.15) is 0 Å². The molecule has 2 amide bonds. The predicted octanol–water partition coefficient (Wildman–Crippen LogP) is 4.21. The monoisotopic (exact) mass is 370 g/mol. The highest BCUT2D eigenvalue weighted by Gasteiger charge is 2.24. The van der Waals surface area contributed by atoms with E-state index in [1.54, 1.807) is 24.3 Å². The van der Waals surface area contributed by atoms with Crippen molar-refractivity contribution in [3.63, 3.8) is 0 Å². The number of carbonyl (C=O) groups excluding carboxylic acids is 2. The van der Waals surface area contributed by atoms with Crippen LogP contribution in [-0.4, -0.2) is 29.8 Å². The lowest BCUT2D eigenvalue weighted by molar-refractivity contribution is -0.132. The number of nitrogens with one attached hydrogen (secondary N) is 1. The second kappa shape index (κ2) is 8.86. The smallest absolute Gasteiger partial charge is 0.253 e. The van der Waals surface area contributed by atoms with E-state index in [-0.39, 0.29) is 24.3 Å². The van der Waals surface area contributed by atoms with Crippen molar-refractivity contribution < 1.29 is 9.59 Å². The third-order valence-corrected chi connectivity index (χ3v) is 5.04. The molecule has 1 fully saturated rings. The van der Waals surface area contributed by atoms with Crippen molar-refractivity contribution in [3.05, 3.63) is 70.7 Å². The van der Waals surface area contributed by atoms with Gasteiger partial charge in [-0.25, -0.2) is 0 Å². The molecule has 1 heterocycles. The van der Waals surface area contributed by atoms with E-state index < -0.39 is 0 Å². The Kier molecular flexibility index (Phi) is 6.29. The molecule has 1 atom stereocenters. The van der Waals surface area contributed by atoms with Gasteiger partial charge in [0.15, 0.2) is 0 Å². The first kappa shape index (κ1) is 18.5. The van der Waals surface area contributed by atoms with Gasteiger partial charge in [-0.2, -0.15) is 0 Å². The standard InChI is InChI=1S/C21H23ClN2O2/c22-18-12-6-5-11-17(18)21(26)23-19(16-9-3-1-4-10-16)15-20(25)24-13-7-2-8-14-24/h1,3-6,9-12,19H,2,7-8,13-15H2,(H,23,26)/t19-/m1/s1. The summed E-state index contributed by atoms with van der Waals surface area (Å²) in [6, 6.07) is 16.2. The normalized spacial score (nSPS) is 15.3. The van der Waals surface area contributed by atoms with Gasteiger partial charge in [-0.15, -0.1) is 0 Å². The molecule has 1 N–H and O–H groups in total. The molecule has 2 aromatic carbocycles. The van der Waals surface area contributed by atoms with Crippen LogP contribution in [-0.2, 0) is 4.79 Å². The topological polar surface area (TPSA) is 49.4 Å². The number of benzene rings is 2. The van der Waals surface area contributed by atoms with Crippen molar-refractivity contribution in [3.8, 4) is 0 Å². The van der Waals surface area contributed by atoms with E-state index >= 15 is 0 Å². The molecule has 4 nitrogen and oxygen atoms in total. The fourth-order valence-electron chi connectivity index (χ4n) is 3.27. The Balaban J connectivity index is 1.76. The molecule has 0 radical (unpaired) electrons. The summed E-state index contributed by atoms with van der Waals surface area (Å²) in [5.74, 6) is -0.186. The molecular weight excluding hydrogens is 348 g/mol. The van der Waals surface area contributed by atoms with E-state index in [1.165, 1.54) is 6.42 Å². The Labute approximate surface area is 159 Å². The highest BCUT2D eigenvalue weighted by Crippen LogP contribution is 2.22. The summed E-state index contributed by atoms with van der Waals surface area (Å²) < 4.78 is 0. The summed E-state index contributed by atoms with van der Waals surface area (Å²) in [5, 5.41) is 3.39. The molecular formula is C21H23ClN2O2. The van der Waals surface area contributed by atoms with E-state index in [2.05, 4.69) is 5.32 Å². The summed E-state index contributed by atoms with van der Waals surface area (Å²) in [6.07, 6.45) is 3.52. The minimum atomic E-state index is -0.380. The van der Waals surface area contributed by atoms with E-state index in [0.29, 0.717) is 10.6 Å². The minimum Gasteiger partial charge on any atom is -0.345 e. The van der Waals surface area contributed by atoms with Gasteiger partial charge < -0.3 is 10.2 Å². The van der Waals surface area contributed by atoms with E-state index in [9.17, 15) is 9.59 Å². The number of amides is 2. The molecule has 0 aromatic heterocycles. The molecule has 1 saturated heterocycles. The quantitative estimate of drug-likeness (QED) is 0.856. The van der Waals surface area contributed by atoms with Crippen LogP contribution in [0.25, 0.3) is 0 Å². The van der Waals surface area contributed by atoms with Crippen LogP contribution in [0.5, 0.6) is 0 Å². The molecule has 136 valence electrons. The van der Waals surface area contributed by atoms with Crippen molar-refractivity contribution >= 4 is 23.4 Å². The van der Waals surface area contributed by atoms with Crippen LogP contribution >= 0.6 is 11.6 Å². The minimum absolute atomic E-state index is 0.0815. The van der Waals surface area contributed by atoms with Crippen LogP contribution < -0.4 is 5.32 Å². The van der Waals surface area contributed by atoms with E-state index in [0.717, 1.165) is 31.5 Å². The third-order valence-electron chi connectivity index (χ3n) is 4.71. The first-order chi connectivity index (χ1) is 12.6. The van der Waals surface area contributed by atoms with Gasteiger partial charge in [-0.1, -0.05) is 54.1 Å². The number of halogens is 1. The molecule has 26 heavy (non-hydrogen) atoms. The molecule has 3 rings (SSSR count). The second-order valence-corrected chi connectivity index (χ2v) is 6.97. The summed E-state index contributed by atoms with van der Waals surface area (Å²) in [7, 11) is 0. The van der Waals surface area contributed by atoms with E-state index in [1.807, 2.05) is 35.2 Å². The highest BCUT2D eigenvalue weighted by molar-refractivity contribution is 6.33. The lowest BCUT2D eigenvalue weighted by Crippen LogP contribution is -2.39. The highest BCUT2D eigenvalue weighted by atomic mass is 35.5. The van der Waals surface area contributed by atoms with Crippen LogP contribution in [0, 0.1) is 0 Å². The van der Waals surface area contributed by atoms with Crippen molar-refractivity contribution in [2.75, 3.05) is 13.1 Å². The number of piperidine rings is 1. The predicted molar refractivity (Wildman–Crippen MR) is 103 cm³/mol. The molecule has 0 aliphatic carbocycles. The van der Waals surface area contributed by atoms with Gasteiger partial charge >= 0.3 is 0 Å². The Morgan fingerprint density at radius 1 is 0.962 bits per heavy atom. The van der Waals surface area contributed by atoms with Gasteiger partial charge in [0, 0.05) is 13.1 Å². The molecule has 0 saturated carbocycles. The SMILES string of the molecule is O=C(N[C@H](CC(=O)N1CCCCC1)c1ccccc1)c1ccccc1Cl. The molecule has 5 heteroatoms. The van der Waals surface area contributed by atoms with Gasteiger partial charge in [0.05, 0.1) is 23.0 Å². The number of hydrogen-bond acceptors (Lipinski definition) is 2. The Bertz CT molecular complexity index is 758. The number of hydrogen-bond donors (Lipinski definition) is 1. The number of rotatable bonds is 5. The molecule has 0 spiro atoms. The summed E-state index contributed by atoms with van der Waals surface area (Å²) in [4.78, 5) is 27.3. The largest absolute Gasteiger partial charge is 0.345 e. The van der Waals surface area contributed by atoms with Gasteiger partial charge in [-0.3, -0.25) is 9.59 Å². The molecule has 1 aliphatic rings. The van der Waals surface area contributed by atoms with Crippen LogP contribution in [0.3, 0.4) is 0 Å². The maximum atomic E-state index is 12.7. The fourth-order valence-corrected chi connectivity index (χ4v) is 3.49. The maximum absolute atomic E-state index is 12.7. The zero-order valence-corrected chi connectivity index (χ0v) is 15.4. The first-order valence-electron chi connectivity index (χ1n) is 9.03. The van der Waals surface area contributed by atoms with Crippen molar-refractivity contribution in [2.24, 2.45) is 0 Å². The average molecular weight is 371 g/mol. The Morgan fingerprint density at radius 2 is 1.62 bits per heavy atom. The van der Waals surface area contributed by atoms with Crippen molar-refractivity contribution in [1.29, 1.82) is 0 Å². The van der Waals surface area contributed by atoms with Crippen molar-refractivity contribution in [1.82, 2.24) is 10.2 Å². The summed E-state index contributed by atoms with van der Waals surface area (Å²) in [5.41, 5.74) is 1.33. The molecule has 1 aliphatic heterocycles. The van der Waals surface area contributed by atoms with Gasteiger partial charge in [0.25, 0.3) is 5.91 Å². The van der Waals surface area contributed by atoms with Crippen LogP contribution in [0.15, 0.2) is 54.6 Å². The fraction of sp³-hybridized carbons (Fsp3) is 0.333. The molecule has 0 bridgehead atoms. The van der Waals surface area contributed by atoms with Crippen LogP contribution in [0.1, 0.15) is 47.6 Å². The van der Waals surface area contributed by atoms with E-state index in [4.69, 9.17) is 11.6 Å². The zero-order chi connectivity index (χ0) is 18.4. The lowest BCUT2D eigenvalue weighted by Gasteiger charge is -2.29. The van der Waals surface area contributed by atoms with Crippen molar-refractivity contribution in [2.45, 2.75) is 31.7 Å². The molecule has 2 aromatic rings. The molecule has 0 unspecified atom stereocenters. The third kappa shape index (κ3) is 4.64. The van der Waals surface area contributed by atoms with Crippen LogP contribution in [0.4, 0.5) is 0 Å². The first-order valence-corrected chi connectivity index (χ1v) is 9.41. The second-order valence-electron chi connectivity index (χ2n) is 6.56.